The van der Waals surface area contributed by atoms with Gasteiger partial charge < -0.3 is 5.32 Å². The molecule has 19 heavy (non-hydrogen) atoms. The van der Waals surface area contributed by atoms with Crippen molar-refractivity contribution in [2.24, 2.45) is 0 Å². The van der Waals surface area contributed by atoms with E-state index in [0.29, 0.717) is 0 Å². The van der Waals surface area contributed by atoms with Crippen LogP contribution in [-0.4, -0.2) is 21.9 Å². The van der Waals surface area contributed by atoms with Crippen molar-refractivity contribution in [2.45, 2.75) is 0 Å². The first kappa shape index (κ1) is 13.2. The van der Waals surface area contributed by atoms with Gasteiger partial charge in [0.05, 0.1) is 4.92 Å². The maximum Gasteiger partial charge on any atom is 0.313 e. The van der Waals surface area contributed by atoms with Crippen LogP contribution < -0.4 is 5.32 Å². The number of nitro groups is 1. The molecule has 0 saturated heterocycles. The van der Waals surface area contributed by atoms with Gasteiger partial charge in [0, 0.05) is 17.6 Å². The number of hydrogen-bond donors (Lipinski definition) is 1. The summed E-state index contributed by atoms with van der Waals surface area (Å²) in [4.78, 5) is 17.9. The summed E-state index contributed by atoms with van der Waals surface area (Å²) in [5, 5.41) is 13.8. The molecule has 0 unspecified atom stereocenters. The molecule has 0 aliphatic rings. The van der Waals surface area contributed by atoms with Gasteiger partial charge in [-0.2, -0.15) is 0 Å². The van der Waals surface area contributed by atoms with E-state index < -0.39 is 10.7 Å². The maximum absolute atomic E-state index is 13.8. The Bertz CT molecular complexity index is 651. The summed E-state index contributed by atoms with van der Waals surface area (Å²) in [7, 11) is 1.56. The van der Waals surface area contributed by atoms with Crippen LogP contribution in [0.4, 0.5) is 16.0 Å². The Balaban J connectivity index is 2.68. The monoisotopic (exact) mass is 282 g/mol. The fourth-order valence-electron chi connectivity index (χ4n) is 1.51. The van der Waals surface area contributed by atoms with E-state index in [-0.39, 0.29) is 27.9 Å². The van der Waals surface area contributed by atoms with E-state index in [0.717, 1.165) is 12.3 Å². The van der Waals surface area contributed by atoms with Crippen molar-refractivity contribution in [1.29, 1.82) is 0 Å². The number of rotatable bonds is 3. The highest BCUT2D eigenvalue weighted by Crippen LogP contribution is 2.31. The molecule has 0 bridgehead atoms. The van der Waals surface area contributed by atoms with Crippen molar-refractivity contribution in [2.75, 3.05) is 12.4 Å². The van der Waals surface area contributed by atoms with Crippen LogP contribution in [0.2, 0.25) is 5.02 Å². The maximum atomic E-state index is 13.8. The predicted molar refractivity (Wildman–Crippen MR) is 68.6 cm³/mol. The highest BCUT2D eigenvalue weighted by atomic mass is 35.5. The molecule has 1 aromatic carbocycles. The van der Waals surface area contributed by atoms with E-state index >= 15 is 0 Å². The molecule has 0 saturated carbocycles. The first-order valence-electron chi connectivity index (χ1n) is 5.17. The Morgan fingerprint density at radius 2 is 2.21 bits per heavy atom. The zero-order valence-electron chi connectivity index (χ0n) is 9.72. The number of benzene rings is 1. The summed E-state index contributed by atoms with van der Waals surface area (Å²) in [6.45, 7) is 0. The Hall–Kier alpha value is -2.28. The zero-order valence-corrected chi connectivity index (χ0v) is 10.5. The topological polar surface area (TPSA) is 81.0 Å². The van der Waals surface area contributed by atoms with Crippen LogP contribution in [0.1, 0.15) is 0 Å². The molecule has 1 heterocycles. The van der Waals surface area contributed by atoms with Gasteiger partial charge in [-0.3, -0.25) is 10.1 Å². The Morgan fingerprint density at radius 1 is 1.47 bits per heavy atom. The molecule has 98 valence electrons. The minimum absolute atomic E-state index is 0.00463. The number of aromatic nitrogens is 2. The van der Waals surface area contributed by atoms with Crippen LogP contribution in [0.3, 0.4) is 0 Å². The third-order valence-corrected chi connectivity index (χ3v) is 2.61. The van der Waals surface area contributed by atoms with Gasteiger partial charge in [0.2, 0.25) is 5.95 Å². The minimum Gasteiger partial charge on any atom is -0.357 e. The number of hydrogen-bond acceptors (Lipinski definition) is 5. The third-order valence-electron chi connectivity index (χ3n) is 2.38. The first-order valence-corrected chi connectivity index (χ1v) is 5.55. The van der Waals surface area contributed by atoms with E-state index in [4.69, 9.17) is 11.6 Å². The predicted octanol–water partition coefficient (Wildman–Crippen LogP) is 2.89. The molecule has 2 rings (SSSR count). The first-order chi connectivity index (χ1) is 9.02. The number of anilines is 1. The van der Waals surface area contributed by atoms with Crippen molar-refractivity contribution < 1.29 is 9.31 Å². The molecule has 1 aromatic heterocycles. The van der Waals surface area contributed by atoms with Crippen LogP contribution in [-0.2, 0) is 0 Å². The highest BCUT2D eigenvalue weighted by molar-refractivity contribution is 6.30. The van der Waals surface area contributed by atoms with Crippen molar-refractivity contribution in [3.05, 3.63) is 45.4 Å². The second-order valence-corrected chi connectivity index (χ2v) is 4.00. The fraction of sp³-hybridized carbons (Fsp3) is 0.0909. The van der Waals surface area contributed by atoms with Crippen LogP contribution in [0.5, 0.6) is 0 Å². The highest BCUT2D eigenvalue weighted by Gasteiger charge is 2.21. The largest absolute Gasteiger partial charge is 0.357 e. The third kappa shape index (κ3) is 2.60. The van der Waals surface area contributed by atoms with Gasteiger partial charge in [0.15, 0.2) is 5.69 Å². The molecule has 0 fully saturated rings. The molecule has 1 N–H and O–H groups in total. The molecular formula is C11H8ClFN4O2. The summed E-state index contributed by atoms with van der Waals surface area (Å²) in [5.41, 5.74) is -0.478. The van der Waals surface area contributed by atoms with Crippen LogP contribution in [0.15, 0.2) is 24.4 Å². The molecule has 0 amide bonds. The summed E-state index contributed by atoms with van der Waals surface area (Å²) in [6.07, 6.45) is 1.03. The van der Waals surface area contributed by atoms with Crippen LogP contribution >= 0.6 is 11.6 Å². The summed E-state index contributed by atoms with van der Waals surface area (Å²) in [6, 6.07) is 3.85. The van der Waals surface area contributed by atoms with Gasteiger partial charge >= 0.3 is 5.69 Å². The minimum atomic E-state index is -0.684. The van der Waals surface area contributed by atoms with Crippen molar-refractivity contribution in [3.63, 3.8) is 0 Å². The molecule has 0 spiro atoms. The van der Waals surface area contributed by atoms with E-state index in [1.165, 1.54) is 12.1 Å². The second-order valence-electron chi connectivity index (χ2n) is 3.56. The lowest BCUT2D eigenvalue weighted by molar-refractivity contribution is -0.384. The molecule has 0 aliphatic carbocycles. The van der Waals surface area contributed by atoms with Gasteiger partial charge in [-0.05, 0) is 18.2 Å². The zero-order chi connectivity index (χ0) is 14.0. The van der Waals surface area contributed by atoms with Gasteiger partial charge in [-0.15, -0.1) is 0 Å². The smallest absolute Gasteiger partial charge is 0.313 e. The second kappa shape index (κ2) is 5.15. The van der Waals surface area contributed by atoms with Gasteiger partial charge in [0.1, 0.15) is 12.0 Å². The van der Waals surface area contributed by atoms with Crippen LogP contribution in [0.25, 0.3) is 11.3 Å². The molecule has 8 heteroatoms. The van der Waals surface area contributed by atoms with E-state index in [2.05, 4.69) is 15.3 Å². The molecular weight excluding hydrogens is 275 g/mol. The lowest BCUT2D eigenvalue weighted by Gasteiger charge is -2.06. The number of nitrogens with zero attached hydrogens (tertiary/aromatic N) is 3. The average molecular weight is 283 g/mol. The molecule has 0 radical (unpaired) electrons. The van der Waals surface area contributed by atoms with Gasteiger partial charge in [-0.1, -0.05) is 11.6 Å². The average Bonchev–Trinajstić information content (AvgIpc) is 2.38. The summed E-state index contributed by atoms with van der Waals surface area (Å²) in [5.74, 6) is -0.522. The normalized spacial score (nSPS) is 10.3. The fourth-order valence-corrected chi connectivity index (χ4v) is 1.67. The van der Waals surface area contributed by atoms with Gasteiger partial charge in [-0.25, -0.2) is 14.4 Å². The van der Waals surface area contributed by atoms with Crippen LogP contribution in [0, 0.1) is 15.9 Å². The molecule has 0 aliphatic heterocycles. The SMILES string of the molecule is CNc1ncc([N+](=O)[O-])c(-c2ccc(Cl)cc2F)n1. The van der Waals surface area contributed by atoms with Crippen molar-refractivity contribution in [1.82, 2.24) is 9.97 Å². The molecule has 6 nitrogen and oxygen atoms in total. The molecule has 2 aromatic rings. The Labute approximate surface area is 112 Å². The Morgan fingerprint density at radius 3 is 2.79 bits per heavy atom. The number of nitrogens with one attached hydrogen (secondary N) is 1. The number of halogens is 2. The standard InChI is InChI=1S/C11H8ClFN4O2/c1-14-11-15-5-9(17(18)19)10(16-11)7-3-2-6(12)4-8(7)13/h2-5H,1H3,(H,14,15,16). The summed E-state index contributed by atoms with van der Waals surface area (Å²) >= 11 is 5.65. The van der Waals surface area contributed by atoms with Crippen molar-refractivity contribution in [3.8, 4) is 11.3 Å². The van der Waals surface area contributed by atoms with E-state index in [1.54, 1.807) is 7.05 Å². The summed E-state index contributed by atoms with van der Waals surface area (Å²) < 4.78 is 13.8. The van der Waals surface area contributed by atoms with Crippen molar-refractivity contribution >= 4 is 23.2 Å². The lowest BCUT2D eigenvalue weighted by Crippen LogP contribution is -2.02. The molecule has 0 atom stereocenters. The van der Waals surface area contributed by atoms with Gasteiger partial charge in [0.25, 0.3) is 0 Å². The quantitative estimate of drug-likeness (QED) is 0.691. The Kier molecular flexibility index (Phi) is 3.57. The van der Waals surface area contributed by atoms with E-state index in [1.807, 2.05) is 0 Å². The lowest BCUT2D eigenvalue weighted by atomic mass is 10.1. The van der Waals surface area contributed by atoms with E-state index in [9.17, 15) is 14.5 Å².